The van der Waals surface area contributed by atoms with Crippen molar-refractivity contribution in [3.05, 3.63) is 51.4 Å². The van der Waals surface area contributed by atoms with E-state index in [0.717, 1.165) is 29.8 Å². The molecule has 0 atom stereocenters. The maximum atomic E-state index is 12.2. The predicted molar refractivity (Wildman–Crippen MR) is 79.2 cm³/mol. The highest BCUT2D eigenvalue weighted by Crippen LogP contribution is 2.23. The van der Waals surface area contributed by atoms with Crippen LogP contribution < -0.4 is 5.56 Å². The van der Waals surface area contributed by atoms with Crippen molar-refractivity contribution in [3.63, 3.8) is 0 Å². The topological polar surface area (TPSA) is 37.8 Å². The van der Waals surface area contributed by atoms with E-state index in [-0.39, 0.29) is 5.56 Å². The number of hydrogen-bond donors (Lipinski definition) is 1. The lowest BCUT2D eigenvalue weighted by Gasteiger charge is -2.14. The minimum atomic E-state index is 0.0498. The largest absolute Gasteiger partial charge is 0.268 e. The normalized spacial score (nSPS) is 11.2. The zero-order valence-electron chi connectivity index (χ0n) is 12.2. The van der Waals surface area contributed by atoms with E-state index in [0.29, 0.717) is 5.92 Å². The Labute approximate surface area is 114 Å². The standard InChI is InChI=1S/C16H22N2O/c1-5-8-13-15(11(2)3)18(17-16(13)19)14-10-7-6-9-12(14)4/h6-7,9-11H,5,8H2,1-4H3,(H,17,19). The lowest BCUT2D eigenvalue weighted by Crippen LogP contribution is -2.07. The minimum Gasteiger partial charge on any atom is -0.268 e. The molecule has 0 spiro atoms. The van der Waals surface area contributed by atoms with Crippen LogP contribution in [0, 0.1) is 6.92 Å². The zero-order valence-corrected chi connectivity index (χ0v) is 12.2. The van der Waals surface area contributed by atoms with E-state index in [2.05, 4.69) is 38.9 Å². The highest BCUT2D eigenvalue weighted by atomic mass is 16.1. The third-order valence-electron chi connectivity index (χ3n) is 3.44. The maximum absolute atomic E-state index is 12.2. The van der Waals surface area contributed by atoms with Gasteiger partial charge in [-0.1, -0.05) is 45.4 Å². The summed E-state index contributed by atoms with van der Waals surface area (Å²) in [4.78, 5) is 12.2. The molecule has 0 amide bonds. The van der Waals surface area contributed by atoms with Crippen molar-refractivity contribution in [2.75, 3.05) is 0 Å². The summed E-state index contributed by atoms with van der Waals surface area (Å²) in [5.41, 5.74) is 4.32. The van der Waals surface area contributed by atoms with E-state index in [1.807, 2.05) is 22.9 Å². The molecule has 1 aromatic heterocycles. The quantitative estimate of drug-likeness (QED) is 0.894. The van der Waals surface area contributed by atoms with Crippen molar-refractivity contribution in [1.29, 1.82) is 0 Å². The Morgan fingerprint density at radius 3 is 2.53 bits per heavy atom. The molecule has 0 aliphatic heterocycles. The molecule has 19 heavy (non-hydrogen) atoms. The Hall–Kier alpha value is -1.77. The van der Waals surface area contributed by atoms with E-state index >= 15 is 0 Å². The monoisotopic (exact) mass is 258 g/mol. The Kier molecular flexibility index (Phi) is 3.93. The molecule has 0 saturated carbocycles. The van der Waals surface area contributed by atoms with Gasteiger partial charge < -0.3 is 0 Å². The fourth-order valence-corrected chi connectivity index (χ4v) is 2.58. The lowest BCUT2D eigenvalue weighted by molar-refractivity contribution is 0.718. The van der Waals surface area contributed by atoms with Crippen LogP contribution in [-0.4, -0.2) is 9.78 Å². The average Bonchev–Trinajstić information content (AvgIpc) is 2.68. The second-order valence-corrected chi connectivity index (χ2v) is 5.33. The number of nitrogens with one attached hydrogen (secondary N) is 1. The van der Waals surface area contributed by atoms with Gasteiger partial charge in [0, 0.05) is 5.56 Å². The molecule has 0 bridgehead atoms. The highest BCUT2D eigenvalue weighted by Gasteiger charge is 2.18. The Morgan fingerprint density at radius 1 is 1.26 bits per heavy atom. The summed E-state index contributed by atoms with van der Waals surface area (Å²) in [5.74, 6) is 0.320. The summed E-state index contributed by atoms with van der Waals surface area (Å²) < 4.78 is 1.97. The van der Waals surface area contributed by atoms with E-state index in [9.17, 15) is 4.79 Å². The van der Waals surface area contributed by atoms with Crippen LogP contribution in [0.25, 0.3) is 5.69 Å². The van der Waals surface area contributed by atoms with Gasteiger partial charge in [0.05, 0.1) is 11.4 Å². The second kappa shape index (κ2) is 5.47. The third-order valence-corrected chi connectivity index (χ3v) is 3.44. The summed E-state index contributed by atoms with van der Waals surface area (Å²) >= 11 is 0. The molecule has 1 aromatic carbocycles. The fraction of sp³-hybridized carbons (Fsp3) is 0.438. The number of H-pyrrole nitrogens is 1. The van der Waals surface area contributed by atoms with Crippen molar-refractivity contribution in [2.45, 2.75) is 46.5 Å². The van der Waals surface area contributed by atoms with Gasteiger partial charge in [0.1, 0.15) is 0 Å². The smallest absolute Gasteiger partial charge is 0.267 e. The van der Waals surface area contributed by atoms with Gasteiger partial charge >= 0.3 is 0 Å². The number of aromatic nitrogens is 2. The molecular weight excluding hydrogens is 236 g/mol. The molecule has 3 nitrogen and oxygen atoms in total. The molecule has 102 valence electrons. The molecule has 0 radical (unpaired) electrons. The SMILES string of the molecule is CCCc1c(C(C)C)n(-c2ccccc2C)[nH]c1=O. The molecule has 0 saturated heterocycles. The number of benzene rings is 1. The van der Waals surface area contributed by atoms with Crippen molar-refractivity contribution in [1.82, 2.24) is 9.78 Å². The molecule has 1 N–H and O–H groups in total. The van der Waals surface area contributed by atoms with Gasteiger partial charge in [0.25, 0.3) is 5.56 Å². The number of para-hydroxylation sites is 1. The van der Waals surface area contributed by atoms with Crippen molar-refractivity contribution in [2.24, 2.45) is 0 Å². The van der Waals surface area contributed by atoms with Gasteiger partial charge in [0.15, 0.2) is 0 Å². The first-order valence-electron chi connectivity index (χ1n) is 6.96. The summed E-state index contributed by atoms with van der Waals surface area (Å²) in [7, 11) is 0. The number of rotatable bonds is 4. The van der Waals surface area contributed by atoms with Crippen LogP contribution >= 0.6 is 0 Å². The number of aryl methyl sites for hydroxylation is 1. The van der Waals surface area contributed by atoms with Crippen LogP contribution in [0.5, 0.6) is 0 Å². The summed E-state index contributed by atoms with van der Waals surface area (Å²) in [5, 5.41) is 3.00. The van der Waals surface area contributed by atoms with E-state index in [4.69, 9.17) is 0 Å². The van der Waals surface area contributed by atoms with Crippen LogP contribution in [0.3, 0.4) is 0 Å². The van der Waals surface area contributed by atoms with Crippen molar-refractivity contribution in [3.8, 4) is 5.69 Å². The van der Waals surface area contributed by atoms with Gasteiger partial charge in [0.2, 0.25) is 0 Å². The Bertz CT molecular complexity index is 620. The van der Waals surface area contributed by atoms with E-state index < -0.39 is 0 Å². The Morgan fingerprint density at radius 2 is 1.95 bits per heavy atom. The first kappa shape index (κ1) is 13.7. The van der Waals surface area contributed by atoms with Gasteiger partial charge in [-0.25, -0.2) is 0 Å². The van der Waals surface area contributed by atoms with Crippen LogP contribution in [0.1, 0.15) is 49.9 Å². The van der Waals surface area contributed by atoms with E-state index in [1.54, 1.807) is 0 Å². The minimum absolute atomic E-state index is 0.0498. The second-order valence-electron chi connectivity index (χ2n) is 5.33. The van der Waals surface area contributed by atoms with Crippen molar-refractivity contribution >= 4 is 0 Å². The maximum Gasteiger partial charge on any atom is 0.267 e. The molecule has 0 aliphatic rings. The van der Waals surface area contributed by atoms with Crippen LogP contribution in [-0.2, 0) is 6.42 Å². The molecule has 0 unspecified atom stereocenters. The Balaban J connectivity index is 2.68. The molecule has 0 aliphatic carbocycles. The summed E-state index contributed by atoms with van der Waals surface area (Å²) in [6.45, 7) is 8.44. The molecule has 1 heterocycles. The molecule has 0 fully saturated rings. The number of hydrogen-bond acceptors (Lipinski definition) is 1. The van der Waals surface area contributed by atoms with Crippen LogP contribution in [0.4, 0.5) is 0 Å². The molecule has 2 aromatic rings. The van der Waals surface area contributed by atoms with E-state index in [1.165, 1.54) is 5.56 Å². The lowest BCUT2D eigenvalue weighted by atomic mass is 10.0. The molecule has 2 rings (SSSR count). The van der Waals surface area contributed by atoms with Crippen molar-refractivity contribution < 1.29 is 0 Å². The van der Waals surface area contributed by atoms with Crippen LogP contribution in [0.15, 0.2) is 29.1 Å². The van der Waals surface area contributed by atoms with Gasteiger partial charge in [-0.15, -0.1) is 0 Å². The number of aromatic amines is 1. The average molecular weight is 258 g/mol. The third kappa shape index (κ3) is 2.50. The zero-order chi connectivity index (χ0) is 14.0. The predicted octanol–water partition coefficient (Wildman–Crippen LogP) is 3.55. The summed E-state index contributed by atoms with van der Waals surface area (Å²) in [6, 6.07) is 8.14. The first-order chi connectivity index (χ1) is 9.06. The molecular formula is C16H22N2O. The van der Waals surface area contributed by atoms with Gasteiger partial charge in [-0.05, 0) is 30.9 Å². The first-order valence-corrected chi connectivity index (χ1v) is 6.96. The highest BCUT2D eigenvalue weighted by molar-refractivity contribution is 5.42. The summed E-state index contributed by atoms with van der Waals surface area (Å²) in [6.07, 6.45) is 1.82. The van der Waals surface area contributed by atoms with Crippen LogP contribution in [0.2, 0.25) is 0 Å². The van der Waals surface area contributed by atoms with Gasteiger partial charge in [-0.3, -0.25) is 14.6 Å². The number of nitrogens with zero attached hydrogens (tertiary/aromatic N) is 1. The van der Waals surface area contributed by atoms with Gasteiger partial charge in [-0.2, -0.15) is 0 Å². The fourth-order valence-electron chi connectivity index (χ4n) is 2.58. The molecule has 3 heteroatoms.